The van der Waals surface area contributed by atoms with E-state index >= 15 is 0 Å². The molecule has 0 saturated heterocycles. The number of hydrogen-bond acceptors (Lipinski definition) is 3. The van der Waals surface area contributed by atoms with Gasteiger partial charge in [0.15, 0.2) is 0 Å². The van der Waals surface area contributed by atoms with E-state index in [1.165, 1.54) is 4.68 Å². The lowest BCUT2D eigenvalue weighted by Crippen LogP contribution is -2.34. The zero-order valence-electron chi connectivity index (χ0n) is 16.9. The smallest absolute Gasteiger partial charge is 0.295 e. The Labute approximate surface area is 169 Å². The molecule has 7 heteroatoms. The molecule has 7 nitrogen and oxygen atoms in total. The molecule has 1 heterocycles. The number of carbonyl (C=O) groups is 2. The van der Waals surface area contributed by atoms with Crippen molar-refractivity contribution < 1.29 is 9.59 Å². The lowest BCUT2D eigenvalue weighted by atomic mass is 10.1. The summed E-state index contributed by atoms with van der Waals surface area (Å²) in [6.07, 6.45) is 0. The molecule has 3 rings (SSSR count). The van der Waals surface area contributed by atoms with Gasteiger partial charge in [-0.05, 0) is 56.2 Å². The Balaban J connectivity index is 1.72. The van der Waals surface area contributed by atoms with Gasteiger partial charge in [0.05, 0.1) is 17.9 Å². The molecule has 0 aliphatic carbocycles. The van der Waals surface area contributed by atoms with Crippen molar-refractivity contribution in [1.82, 2.24) is 14.7 Å². The predicted octanol–water partition coefficient (Wildman–Crippen LogP) is 2.47. The minimum atomic E-state index is -0.465. The summed E-state index contributed by atoms with van der Waals surface area (Å²) in [5.41, 5.74) is 3.77. The number of para-hydroxylation sites is 1. The third-order valence-corrected chi connectivity index (χ3v) is 5.00. The van der Waals surface area contributed by atoms with Gasteiger partial charge in [-0.3, -0.25) is 19.1 Å². The zero-order chi connectivity index (χ0) is 21.1. The Morgan fingerprint density at radius 3 is 2.31 bits per heavy atom. The maximum absolute atomic E-state index is 12.8. The molecule has 2 N–H and O–H groups in total. The van der Waals surface area contributed by atoms with E-state index in [4.69, 9.17) is 0 Å². The van der Waals surface area contributed by atoms with Crippen molar-refractivity contribution in [3.05, 3.63) is 81.3 Å². The highest BCUT2D eigenvalue weighted by Crippen LogP contribution is 2.14. The van der Waals surface area contributed by atoms with E-state index in [1.807, 2.05) is 50.2 Å². The van der Waals surface area contributed by atoms with E-state index in [1.54, 1.807) is 30.8 Å². The van der Waals surface area contributed by atoms with Crippen LogP contribution in [0.4, 0.5) is 5.69 Å². The number of nitrogens with zero attached hydrogens (tertiary/aromatic N) is 2. The van der Waals surface area contributed by atoms with Gasteiger partial charge in [-0.1, -0.05) is 24.3 Å². The average molecular weight is 392 g/mol. The van der Waals surface area contributed by atoms with Crippen molar-refractivity contribution in [3.8, 4) is 5.69 Å². The second-order valence-corrected chi connectivity index (χ2v) is 6.97. The molecule has 0 spiro atoms. The lowest BCUT2D eigenvalue weighted by molar-refractivity contribution is -0.115. The summed E-state index contributed by atoms with van der Waals surface area (Å²) in [4.78, 5) is 37.4. The van der Waals surface area contributed by atoms with Crippen LogP contribution >= 0.6 is 0 Å². The fourth-order valence-corrected chi connectivity index (χ4v) is 3.04. The molecule has 0 bridgehead atoms. The third kappa shape index (κ3) is 4.13. The number of amides is 2. The molecule has 0 unspecified atom stereocenters. The highest BCUT2D eigenvalue weighted by molar-refractivity contribution is 5.99. The molecule has 150 valence electrons. The molecular formula is C22H24N4O3. The van der Waals surface area contributed by atoms with E-state index in [9.17, 15) is 14.4 Å². The number of rotatable bonds is 5. The van der Waals surface area contributed by atoms with E-state index in [2.05, 4.69) is 10.6 Å². The number of nitrogens with one attached hydrogen (secondary N) is 2. The van der Waals surface area contributed by atoms with Crippen molar-refractivity contribution in [1.29, 1.82) is 0 Å². The topological polar surface area (TPSA) is 85.1 Å². The average Bonchev–Trinajstić information content (AvgIpc) is 2.92. The summed E-state index contributed by atoms with van der Waals surface area (Å²) in [5.74, 6) is -0.803. The van der Waals surface area contributed by atoms with Crippen LogP contribution in [0.5, 0.6) is 0 Å². The first-order valence-electron chi connectivity index (χ1n) is 9.29. The summed E-state index contributed by atoms with van der Waals surface area (Å²) in [6, 6.07) is 14.5. The van der Waals surface area contributed by atoms with Crippen molar-refractivity contribution in [3.63, 3.8) is 0 Å². The summed E-state index contributed by atoms with van der Waals surface area (Å²) in [5, 5.41) is 5.22. The summed E-state index contributed by atoms with van der Waals surface area (Å²) in [7, 11) is 1.75. The largest absolute Gasteiger partial charge is 0.343 e. The van der Waals surface area contributed by atoms with Gasteiger partial charge < -0.3 is 10.6 Å². The van der Waals surface area contributed by atoms with E-state index < -0.39 is 5.91 Å². The number of aromatic nitrogens is 2. The van der Waals surface area contributed by atoms with Crippen LogP contribution in [0.1, 0.15) is 27.2 Å². The molecule has 2 aromatic carbocycles. The molecule has 1 aromatic heterocycles. The van der Waals surface area contributed by atoms with E-state index in [-0.39, 0.29) is 23.7 Å². The monoisotopic (exact) mass is 392 g/mol. The van der Waals surface area contributed by atoms with Crippen LogP contribution in [0.15, 0.2) is 53.3 Å². The van der Waals surface area contributed by atoms with Crippen molar-refractivity contribution in [2.24, 2.45) is 7.05 Å². The van der Waals surface area contributed by atoms with Crippen LogP contribution in [0.25, 0.3) is 5.69 Å². The molecule has 0 aliphatic rings. The molecule has 0 radical (unpaired) electrons. The molecular weight excluding hydrogens is 368 g/mol. The van der Waals surface area contributed by atoms with Gasteiger partial charge in [0.25, 0.3) is 11.5 Å². The fourth-order valence-electron chi connectivity index (χ4n) is 3.04. The van der Waals surface area contributed by atoms with Crippen molar-refractivity contribution in [2.45, 2.75) is 20.8 Å². The van der Waals surface area contributed by atoms with Gasteiger partial charge in [0.2, 0.25) is 5.91 Å². The lowest BCUT2D eigenvalue weighted by Gasteiger charge is -2.08. The van der Waals surface area contributed by atoms with Gasteiger partial charge in [-0.2, -0.15) is 0 Å². The quantitative estimate of drug-likeness (QED) is 0.700. The second-order valence-electron chi connectivity index (χ2n) is 6.97. The van der Waals surface area contributed by atoms with Gasteiger partial charge in [0, 0.05) is 12.6 Å². The predicted molar refractivity (Wildman–Crippen MR) is 113 cm³/mol. The second kappa shape index (κ2) is 8.18. The summed E-state index contributed by atoms with van der Waals surface area (Å²) < 4.78 is 3.17. The fraction of sp³-hybridized carbons (Fsp3) is 0.227. The first kappa shape index (κ1) is 20.1. The van der Waals surface area contributed by atoms with E-state index in [0.717, 1.165) is 11.1 Å². The maximum Gasteiger partial charge on any atom is 0.295 e. The molecule has 2 amide bonds. The molecule has 0 saturated carbocycles. The van der Waals surface area contributed by atoms with Crippen LogP contribution in [-0.4, -0.2) is 27.7 Å². The number of carbonyl (C=O) groups excluding carboxylic acids is 2. The minimum absolute atomic E-state index is 0.196. The Morgan fingerprint density at radius 1 is 0.966 bits per heavy atom. The molecule has 0 fully saturated rings. The van der Waals surface area contributed by atoms with Crippen LogP contribution in [0.3, 0.4) is 0 Å². The normalized spacial score (nSPS) is 10.6. The molecule has 0 atom stereocenters. The Kier molecular flexibility index (Phi) is 5.68. The molecule has 3 aromatic rings. The van der Waals surface area contributed by atoms with Crippen LogP contribution in [0, 0.1) is 20.8 Å². The van der Waals surface area contributed by atoms with E-state index in [0.29, 0.717) is 16.9 Å². The highest BCUT2D eigenvalue weighted by Gasteiger charge is 2.18. The Bertz CT molecular complexity index is 1130. The first-order chi connectivity index (χ1) is 13.8. The highest BCUT2D eigenvalue weighted by atomic mass is 16.2. The Morgan fingerprint density at radius 2 is 1.66 bits per heavy atom. The first-order valence-corrected chi connectivity index (χ1v) is 9.29. The zero-order valence-corrected chi connectivity index (χ0v) is 16.9. The van der Waals surface area contributed by atoms with Gasteiger partial charge in [-0.15, -0.1) is 0 Å². The standard InChI is InChI=1S/C22H24N4O3/c1-14-10-11-17(12-15(14)2)21(28)23-13-19(27)24-20-16(3)25(4)26(22(20)29)18-8-6-5-7-9-18/h5-12H,13H2,1-4H3,(H,23,28)(H,24,27). The maximum atomic E-state index is 12.8. The van der Waals surface area contributed by atoms with Gasteiger partial charge in [-0.25, -0.2) is 4.68 Å². The minimum Gasteiger partial charge on any atom is -0.343 e. The van der Waals surface area contributed by atoms with Crippen molar-refractivity contribution in [2.75, 3.05) is 11.9 Å². The SMILES string of the molecule is Cc1ccc(C(=O)NCC(=O)Nc2c(C)n(C)n(-c3ccccc3)c2=O)cc1C. The van der Waals surface area contributed by atoms with Crippen LogP contribution < -0.4 is 16.2 Å². The summed E-state index contributed by atoms with van der Waals surface area (Å²) in [6.45, 7) is 5.42. The number of anilines is 1. The van der Waals surface area contributed by atoms with Gasteiger partial charge >= 0.3 is 0 Å². The number of benzene rings is 2. The van der Waals surface area contributed by atoms with Gasteiger partial charge in [0.1, 0.15) is 5.69 Å². The molecule has 0 aliphatic heterocycles. The van der Waals surface area contributed by atoms with Crippen LogP contribution in [0.2, 0.25) is 0 Å². The Hall–Kier alpha value is -3.61. The van der Waals surface area contributed by atoms with Crippen LogP contribution in [-0.2, 0) is 11.8 Å². The summed E-state index contributed by atoms with van der Waals surface area (Å²) >= 11 is 0. The number of aryl methyl sites for hydroxylation is 2. The third-order valence-electron chi connectivity index (χ3n) is 5.00. The van der Waals surface area contributed by atoms with Crippen molar-refractivity contribution >= 4 is 17.5 Å². The number of hydrogen-bond donors (Lipinski definition) is 2. The molecule has 29 heavy (non-hydrogen) atoms.